The van der Waals surface area contributed by atoms with Crippen LogP contribution in [0.4, 0.5) is 4.39 Å². The molecule has 0 spiro atoms. The minimum atomic E-state index is -0.303. The molecule has 1 aliphatic rings. The van der Waals surface area contributed by atoms with Gasteiger partial charge in [-0.3, -0.25) is 4.79 Å². The number of carbonyl (C=O) groups excluding carboxylic acids is 1. The average molecular weight is 288 g/mol. The molecule has 0 atom stereocenters. The Morgan fingerprint density at radius 3 is 2.71 bits per heavy atom. The van der Waals surface area contributed by atoms with Crippen LogP contribution in [0.25, 0.3) is 0 Å². The summed E-state index contributed by atoms with van der Waals surface area (Å²) >= 11 is 0. The zero-order valence-corrected chi connectivity index (χ0v) is 11.6. The highest BCUT2D eigenvalue weighted by molar-refractivity contribution is 5.95. The average Bonchev–Trinajstić information content (AvgIpc) is 3.00. The van der Waals surface area contributed by atoms with Gasteiger partial charge in [0.15, 0.2) is 5.78 Å². The van der Waals surface area contributed by atoms with Gasteiger partial charge in [-0.15, -0.1) is 5.10 Å². The smallest absolute Gasteiger partial charge is 0.189 e. The predicted octanol–water partition coefficient (Wildman–Crippen LogP) is 1.77. The van der Waals surface area contributed by atoms with E-state index in [1.165, 1.54) is 12.1 Å². The van der Waals surface area contributed by atoms with Crippen molar-refractivity contribution in [1.82, 2.24) is 20.3 Å². The first-order chi connectivity index (χ1) is 10.2. The number of ketones is 1. The van der Waals surface area contributed by atoms with E-state index in [9.17, 15) is 9.18 Å². The van der Waals surface area contributed by atoms with Gasteiger partial charge in [0.1, 0.15) is 11.5 Å². The number of piperidine rings is 1. The molecule has 1 fully saturated rings. The first-order valence-corrected chi connectivity index (χ1v) is 7.12. The SMILES string of the molecule is O=C(Cc1ccc(F)cc1)c1cn(C2CCNCC2)nn1. The molecule has 1 aromatic heterocycles. The lowest BCUT2D eigenvalue weighted by Crippen LogP contribution is -2.29. The molecule has 0 amide bonds. The number of nitrogens with one attached hydrogen (secondary N) is 1. The van der Waals surface area contributed by atoms with Crippen LogP contribution in [-0.4, -0.2) is 33.9 Å². The Morgan fingerprint density at radius 1 is 1.29 bits per heavy atom. The first-order valence-electron chi connectivity index (χ1n) is 7.12. The van der Waals surface area contributed by atoms with Crippen molar-refractivity contribution in [3.63, 3.8) is 0 Å². The largest absolute Gasteiger partial charge is 0.317 e. The van der Waals surface area contributed by atoms with Crippen LogP contribution in [0.15, 0.2) is 30.5 Å². The van der Waals surface area contributed by atoms with Gasteiger partial charge in [-0.1, -0.05) is 17.3 Å². The number of nitrogens with zero attached hydrogens (tertiary/aromatic N) is 3. The summed E-state index contributed by atoms with van der Waals surface area (Å²) in [6.45, 7) is 1.92. The summed E-state index contributed by atoms with van der Waals surface area (Å²) in [7, 11) is 0. The number of halogens is 1. The third kappa shape index (κ3) is 3.33. The van der Waals surface area contributed by atoms with E-state index < -0.39 is 0 Å². The third-order valence-electron chi connectivity index (χ3n) is 3.76. The number of hydrogen-bond acceptors (Lipinski definition) is 4. The Morgan fingerprint density at radius 2 is 2.00 bits per heavy atom. The van der Waals surface area contributed by atoms with Crippen molar-refractivity contribution >= 4 is 5.78 Å². The molecule has 1 aliphatic heterocycles. The van der Waals surface area contributed by atoms with Crippen LogP contribution in [0.1, 0.15) is 34.9 Å². The standard InChI is InChI=1S/C15H17FN4O/c16-12-3-1-11(2-4-12)9-15(21)14-10-20(19-18-14)13-5-7-17-8-6-13/h1-4,10,13,17H,5-9H2. The molecule has 0 aliphatic carbocycles. The Hall–Kier alpha value is -2.08. The number of hydrogen-bond donors (Lipinski definition) is 1. The molecular formula is C15H17FN4O. The Labute approximate surface area is 122 Å². The van der Waals surface area contributed by atoms with Crippen molar-refractivity contribution in [1.29, 1.82) is 0 Å². The number of carbonyl (C=O) groups is 1. The van der Waals surface area contributed by atoms with Crippen molar-refractivity contribution in [2.45, 2.75) is 25.3 Å². The minimum Gasteiger partial charge on any atom is -0.317 e. The Balaban J connectivity index is 1.67. The number of benzene rings is 1. The van der Waals surface area contributed by atoms with Crippen LogP contribution in [0.5, 0.6) is 0 Å². The van der Waals surface area contributed by atoms with Gasteiger partial charge in [-0.25, -0.2) is 9.07 Å². The molecule has 0 unspecified atom stereocenters. The molecule has 1 N–H and O–H groups in total. The maximum Gasteiger partial charge on any atom is 0.189 e. The van der Waals surface area contributed by atoms with Crippen molar-refractivity contribution in [3.8, 4) is 0 Å². The van der Waals surface area contributed by atoms with E-state index in [2.05, 4.69) is 15.6 Å². The van der Waals surface area contributed by atoms with Gasteiger partial charge in [0.25, 0.3) is 0 Å². The van der Waals surface area contributed by atoms with E-state index in [1.54, 1.807) is 23.0 Å². The second-order valence-electron chi connectivity index (χ2n) is 5.29. The topological polar surface area (TPSA) is 59.8 Å². The summed E-state index contributed by atoms with van der Waals surface area (Å²) in [6, 6.07) is 6.25. The summed E-state index contributed by atoms with van der Waals surface area (Å²) < 4.78 is 14.6. The fraction of sp³-hybridized carbons (Fsp3) is 0.400. The summed E-state index contributed by atoms with van der Waals surface area (Å²) in [5, 5.41) is 11.3. The molecule has 1 saturated heterocycles. The van der Waals surface area contributed by atoms with E-state index >= 15 is 0 Å². The van der Waals surface area contributed by atoms with E-state index in [0.29, 0.717) is 11.7 Å². The molecule has 3 rings (SSSR count). The van der Waals surface area contributed by atoms with Crippen molar-refractivity contribution in [2.75, 3.05) is 13.1 Å². The highest BCUT2D eigenvalue weighted by Gasteiger charge is 2.18. The van der Waals surface area contributed by atoms with Gasteiger partial charge in [-0.2, -0.15) is 0 Å². The van der Waals surface area contributed by atoms with Crippen LogP contribution in [0, 0.1) is 5.82 Å². The van der Waals surface area contributed by atoms with E-state index in [4.69, 9.17) is 0 Å². The van der Waals surface area contributed by atoms with Crippen LogP contribution in [0.2, 0.25) is 0 Å². The van der Waals surface area contributed by atoms with Crippen LogP contribution in [0.3, 0.4) is 0 Å². The zero-order valence-electron chi connectivity index (χ0n) is 11.6. The normalized spacial score (nSPS) is 16.0. The van der Waals surface area contributed by atoms with E-state index in [0.717, 1.165) is 31.5 Å². The molecule has 0 saturated carbocycles. The Kier molecular flexibility index (Phi) is 4.06. The monoisotopic (exact) mass is 288 g/mol. The second-order valence-corrected chi connectivity index (χ2v) is 5.29. The highest BCUT2D eigenvalue weighted by atomic mass is 19.1. The van der Waals surface area contributed by atoms with Crippen molar-refractivity contribution < 1.29 is 9.18 Å². The number of Topliss-reactive ketones (excluding diaryl/α,β-unsaturated/α-hetero) is 1. The van der Waals surface area contributed by atoms with Gasteiger partial charge >= 0.3 is 0 Å². The molecule has 6 heteroatoms. The maximum absolute atomic E-state index is 12.8. The van der Waals surface area contributed by atoms with Gasteiger partial charge in [0.2, 0.25) is 0 Å². The quantitative estimate of drug-likeness (QED) is 0.871. The molecule has 110 valence electrons. The van der Waals surface area contributed by atoms with Crippen molar-refractivity contribution in [3.05, 3.63) is 47.5 Å². The van der Waals surface area contributed by atoms with Crippen LogP contribution in [-0.2, 0) is 6.42 Å². The second kappa shape index (κ2) is 6.13. The minimum absolute atomic E-state index is 0.0956. The lowest BCUT2D eigenvalue weighted by atomic mass is 10.1. The lowest BCUT2D eigenvalue weighted by molar-refractivity contribution is 0.0988. The lowest BCUT2D eigenvalue weighted by Gasteiger charge is -2.22. The van der Waals surface area contributed by atoms with Crippen molar-refractivity contribution in [2.24, 2.45) is 0 Å². The van der Waals surface area contributed by atoms with Gasteiger partial charge in [-0.05, 0) is 43.6 Å². The molecule has 5 nitrogen and oxygen atoms in total. The molecule has 2 aromatic rings. The molecular weight excluding hydrogens is 271 g/mol. The molecule has 2 heterocycles. The fourth-order valence-electron chi connectivity index (χ4n) is 2.53. The van der Waals surface area contributed by atoms with Gasteiger partial charge in [0, 0.05) is 6.42 Å². The number of rotatable bonds is 4. The van der Waals surface area contributed by atoms with Gasteiger partial charge < -0.3 is 5.32 Å². The molecule has 1 aromatic carbocycles. The first kappa shape index (κ1) is 13.9. The molecule has 0 radical (unpaired) electrons. The fourth-order valence-corrected chi connectivity index (χ4v) is 2.53. The summed E-state index contributed by atoms with van der Waals surface area (Å²) in [6.07, 6.45) is 3.93. The highest BCUT2D eigenvalue weighted by Crippen LogP contribution is 2.17. The van der Waals surface area contributed by atoms with Crippen LogP contribution < -0.4 is 5.32 Å². The summed E-state index contributed by atoms with van der Waals surface area (Å²) in [5.41, 5.74) is 1.15. The van der Waals surface area contributed by atoms with E-state index in [1.807, 2.05) is 0 Å². The zero-order chi connectivity index (χ0) is 14.7. The third-order valence-corrected chi connectivity index (χ3v) is 3.76. The van der Waals surface area contributed by atoms with E-state index in [-0.39, 0.29) is 18.0 Å². The predicted molar refractivity (Wildman–Crippen MR) is 75.6 cm³/mol. The van der Waals surface area contributed by atoms with Gasteiger partial charge in [0.05, 0.1) is 12.2 Å². The summed E-state index contributed by atoms with van der Waals surface area (Å²) in [5.74, 6) is -0.398. The van der Waals surface area contributed by atoms with Crippen LogP contribution >= 0.6 is 0 Å². The number of aromatic nitrogens is 3. The Bertz CT molecular complexity index is 617. The molecule has 0 bridgehead atoms. The summed E-state index contributed by atoms with van der Waals surface area (Å²) in [4.78, 5) is 12.2. The maximum atomic E-state index is 12.8. The molecule has 21 heavy (non-hydrogen) atoms.